The fraction of sp³-hybridized carbons (Fsp3) is 0.500. The molecule has 0 amide bonds. The molecule has 1 aliphatic rings. The van der Waals surface area contributed by atoms with E-state index in [1.165, 1.54) is 18.3 Å². The minimum atomic E-state index is -0.411. The van der Waals surface area contributed by atoms with Gasteiger partial charge in [-0.2, -0.15) is 0 Å². The molecule has 0 unspecified atom stereocenters. The van der Waals surface area contributed by atoms with Crippen LogP contribution in [-0.2, 0) is 16.0 Å². The summed E-state index contributed by atoms with van der Waals surface area (Å²) in [5.41, 5.74) is 2.34. The number of aliphatic hydroxyl groups is 1. The van der Waals surface area contributed by atoms with Gasteiger partial charge in [-0.25, -0.2) is 9.78 Å². The fourth-order valence-corrected chi connectivity index (χ4v) is 5.40. The summed E-state index contributed by atoms with van der Waals surface area (Å²) in [6.45, 7) is 7.15. The first-order valence-electron chi connectivity index (χ1n) is 12.2. The molecular weight excluding hydrogens is 466 g/mol. The van der Waals surface area contributed by atoms with Crippen molar-refractivity contribution < 1.29 is 23.5 Å². The molecule has 8 nitrogen and oxygen atoms in total. The predicted octanol–water partition coefficient (Wildman–Crippen LogP) is 3.45. The van der Waals surface area contributed by atoms with Gasteiger partial charge in [0.25, 0.3) is 0 Å². The smallest absolute Gasteiger partial charge is 0.346 e. The summed E-state index contributed by atoms with van der Waals surface area (Å²) in [5, 5.41) is 11.9. The third-order valence-corrected chi connectivity index (χ3v) is 7.62. The highest BCUT2D eigenvalue weighted by molar-refractivity contribution is 7.13. The Morgan fingerprint density at radius 2 is 2.03 bits per heavy atom. The van der Waals surface area contributed by atoms with Crippen molar-refractivity contribution in [2.75, 3.05) is 58.1 Å². The Bertz CT molecular complexity index is 1210. The maximum Gasteiger partial charge on any atom is 0.346 e. The number of likely N-dealkylation sites (N-methyl/N-ethyl adjacent to an activating group) is 1. The van der Waals surface area contributed by atoms with Gasteiger partial charge < -0.3 is 23.6 Å². The largest absolute Gasteiger partial charge is 0.422 e. The molecule has 35 heavy (non-hydrogen) atoms. The van der Waals surface area contributed by atoms with Crippen molar-refractivity contribution in [2.45, 2.75) is 32.6 Å². The van der Waals surface area contributed by atoms with Crippen molar-refractivity contribution in [1.82, 2.24) is 4.98 Å². The van der Waals surface area contributed by atoms with Gasteiger partial charge in [0, 0.05) is 35.5 Å². The Balaban J connectivity index is 1.39. The molecule has 0 saturated carbocycles. The van der Waals surface area contributed by atoms with Crippen LogP contribution in [0.4, 0.5) is 5.69 Å². The Morgan fingerprint density at radius 3 is 2.77 bits per heavy atom. The maximum absolute atomic E-state index is 12.7. The van der Waals surface area contributed by atoms with Crippen LogP contribution in [0.5, 0.6) is 0 Å². The number of rotatable bonds is 11. The lowest BCUT2D eigenvalue weighted by molar-refractivity contribution is -0.910. The summed E-state index contributed by atoms with van der Waals surface area (Å²) in [4.78, 5) is 30.9. The van der Waals surface area contributed by atoms with E-state index in [1.54, 1.807) is 0 Å². The monoisotopic (exact) mass is 500 g/mol. The van der Waals surface area contributed by atoms with E-state index in [4.69, 9.17) is 14.3 Å². The topological polar surface area (TPSA) is 92.9 Å². The van der Waals surface area contributed by atoms with Crippen molar-refractivity contribution in [3.05, 3.63) is 45.8 Å². The molecule has 3 aromatic rings. The van der Waals surface area contributed by atoms with Gasteiger partial charge in [0.1, 0.15) is 23.2 Å². The quantitative estimate of drug-likeness (QED) is 0.187. The van der Waals surface area contributed by atoms with Crippen LogP contribution in [0.1, 0.15) is 31.9 Å². The first kappa shape index (κ1) is 25.5. The number of carbonyl (C=O) groups excluding carboxylic acids is 1. The zero-order valence-corrected chi connectivity index (χ0v) is 21.3. The first-order valence-corrected chi connectivity index (χ1v) is 13.0. The maximum atomic E-state index is 12.7. The number of nitrogens with zero attached hydrogens (tertiary/aromatic N) is 3. The lowest BCUT2D eigenvalue weighted by Crippen LogP contribution is -2.57. The summed E-state index contributed by atoms with van der Waals surface area (Å²) in [6.07, 6.45) is 3.52. The van der Waals surface area contributed by atoms with Gasteiger partial charge in [-0.3, -0.25) is 4.79 Å². The highest BCUT2D eigenvalue weighted by atomic mass is 32.1. The normalized spacial score (nSPS) is 15.6. The van der Waals surface area contributed by atoms with Crippen LogP contribution < -0.4 is 10.5 Å². The van der Waals surface area contributed by atoms with E-state index in [0.717, 1.165) is 67.5 Å². The number of fused-ring (bicyclic) bond motifs is 1. The summed E-state index contributed by atoms with van der Waals surface area (Å²) >= 11 is 1.35. The number of thiazole rings is 1. The summed E-state index contributed by atoms with van der Waals surface area (Å²) in [6, 6.07) is 7.88. The zero-order chi connectivity index (χ0) is 24.8. The number of ether oxygens (including phenoxy) is 1. The molecule has 1 aliphatic heterocycles. The van der Waals surface area contributed by atoms with E-state index in [2.05, 4.69) is 23.0 Å². The Kier molecular flexibility index (Phi) is 8.33. The van der Waals surface area contributed by atoms with E-state index < -0.39 is 5.63 Å². The molecule has 0 aliphatic carbocycles. The number of quaternary nitrogens is 1. The van der Waals surface area contributed by atoms with Gasteiger partial charge in [0.05, 0.1) is 51.0 Å². The molecule has 0 spiro atoms. The molecule has 1 N–H and O–H groups in total. The number of carbonyl (C=O) groups is 1. The molecule has 4 rings (SSSR count). The van der Waals surface area contributed by atoms with Crippen LogP contribution >= 0.6 is 11.3 Å². The van der Waals surface area contributed by atoms with Crippen molar-refractivity contribution >= 4 is 33.8 Å². The van der Waals surface area contributed by atoms with Crippen molar-refractivity contribution in [3.8, 4) is 10.6 Å². The first-order chi connectivity index (χ1) is 16.9. The van der Waals surface area contributed by atoms with Crippen LogP contribution in [0.3, 0.4) is 0 Å². The summed E-state index contributed by atoms with van der Waals surface area (Å²) in [5.74, 6) is 0.0427. The lowest BCUT2D eigenvalue weighted by Gasteiger charge is -2.43. The van der Waals surface area contributed by atoms with E-state index >= 15 is 0 Å². The number of ketones is 1. The van der Waals surface area contributed by atoms with Gasteiger partial charge in [0.2, 0.25) is 0 Å². The molecule has 1 saturated heterocycles. The van der Waals surface area contributed by atoms with E-state index in [-0.39, 0.29) is 19.0 Å². The van der Waals surface area contributed by atoms with Crippen LogP contribution in [0, 0.1) is 0 Å². The van der Waals surface area contributed by atoms with Crippen molar-refractivity contribution in [2.24, 2.45) is 0 Å². The van der Waals surface area contributed by atoms with Gasteiger partial charge in [-0.05, 0) is 44.4 Å². The molecular formula is C26H34N3O5S+. The van der Waals surface area contributed by atoms with Gasteiger partial charge in [0.15, 0.2) is 0 Å². The number of aromatic nitrogens is 1. The Labute approximate surface area is 209 Å². The molecule has 1 aromatic carbocycles. The number of hydrogen-bond donors (Lipinski definition) is 1. The van der Waals surface area contributed by atoms with E-state index in [0.29, 0.717) is 28.5 Å². The second kappa shape index (κ2) is 11.4. The number of Topliss-reactive ketones (excluding diaryl/α,β-unsaturated/α-hetero) is 1. The molecule has 0 atom stereocenters. The van der Waals surface area contributed by atoms with Crippen LogP contribution in [0.25, 0.3) is 21.5 Å². The van der Waals surface area contributed by atoms with Crippen LogP contribution in [-0.4, -0.2) is 73.5 Å². The predicted molar refractivity (Wildman–Crippen MR) is 138 cm³/mol. The average Bonchev–Trinajstić information content (AvgIpc) is 3.28. The van der Waals surface area contributed by atoms with Crippen LogP contribution in [0.2, 0.25) is 0 Å². The molecule has 0 bridgehead atoms. The van der Waals surface area contributed by atoms with Crippen LogP contribution in [0.15, 0.2) is 38.9 Å². The number of anilines is 1. The average molecular weight is 501 g/mol. The third-order valence-electron chi connectivity index (χ3n) is 6.69. The van der Waals surface area contributed by atoms with Gasteiger partial charge >= 0.3 is 5.63 Å². The third kappa shape index (κ3) is 6.55. The Hall–Kier alpha value is -2.59. The van der Waals surface area contributed by atoms with E-state index in [1.807, 2.05) is 23.6 Å². The van der Waals surface area contributed by atoms with E-state index in [9.17, 15) is 9.59 Å². The minimum absolute atomic E-state index is 0.0427. The second-order valence-electron chi connectivity index (χ2n) is 9.57. The summed E-state index contributed by atoms with van der Waals surface area (Å²) in [7, 11) is 2.32. The highest BCUT2D eigenvalue weighted by Crippen LogP contribution is 2.28. The number of benzene rings is 1. The standard InChI is InChI=1S/C26H34N3O5S/c1-19(31)14-21-17-35-25(27-21)23-15-20-6-7-22(16-24(20)34-26(23)32)28-8-11-29(2,12-9-28)10-4-3-5-13-33-18-30/h6-7,15-17,30H,3-5,8-14,18H2,1-2H3/q+1. The number of hydrogen-bond acceptors (Lipinski definition) is 8. The van der Waals surface area contributed by atoms with Gasteiger partial charge in [-0.1, -0.05) is 0 Å². The highest BCUT2D eigenvalue weighted by Gasteiger charge is 2.28. The lowest BCUT2D eigenvalue weighted by atomic mass is 10.1. The number of unbranched alkanes of at least 4 members (excludes halogenated alkanes) is 2. The molecule has 9 heteroatoms. The molecule has 2 aromatic heterocycles. The zero-order valence-electron chi connectivity index (χ0n) is 20.5. The van der Waals surface area contributed by atoms with Crippen molar-refractivity contribution in [3.63, 3.8) is 0 Å². The fourth-order valence-electron chi connectivity index (χ4n) is 4.58. The summed E-state index contributed by atoms with van der Waals surface area (Å²) < 4.78 is 11.7. The number of piperazine rings is 1. The SMILES string of the molecule is CC(=O)Cc1csc(-c2cc3ccc(N4CC[N+](C)(CCCCCOCO)CC4)cc3oc2=O)n1. The second-order valence-corrected chi connectivity index (χ2v) is 10.4. The molecule has 1 fully saturated rings. The minimum Gasteiger partial charge on any atom is -0.422 e. The van der Waals surface area contributed by atoms with Crippen molar-refractivity contribution in [1.29, 1.82) is 0 Å². The number of aliphatic hydroxyl groups excluding tert-OH is 1. The Morgan fingerprint density at radius 1 is 1.23 bits per heavy atom. The molecule has 0 radical (unpaired) electrons. The molecule has 3 heterocycles. The molecule has 188 valence electrons. The van der Waals surface area contributed by atoms with Gasteiger partial charge in [-0.15, -0.1) is 11.3 Å².